The molecule has 0 heterocycles. The normalized spacial score (nSPS) is 14.6. The first kappa shape index (κ1) is 24.4. The molecule has 0 radical (unpaired) electrons. The largest absolute Gasteiger partial charge is 0.394 e. The molecule has 2 unspecified atom stereocenters. The first-order valence-corrected chi connectivity index (χ1v) is 10.3. The van der Waals surface area contributed by atoms with Crippen LogP contribution in [0, 0.1) is 0 Å². The minimum Gasteiger partial charge on any atom is -0.394 e. The maximum Gasteiger partial charge on any atom is 0.103 e. The van der Waals surface area contributed by atoms with Crippen molar-refractivity contribution in [3.05, 3.63) is 70.8 Å². The van der Waals surface area contributed by atoms with Crippen LogP contribution in [0.2, 0.25) is 0 Å². The van der Waals surface area contributed by atoms with E-state index in [1.807, 2.05) is 30.3 Å². The fraction of sp³-hybridized carbons (Fsp3) is 0.520. The summed E-state index contributed by atoms with van der Waals surface area (Å²) in [5.74, 6) is 0. The molecule has 0 aliphatic rings. The average Bonchev–Trinajstić information content (AvgIpc) is 2.67. The Balaban J connectivity index is 2.41. The number of hydrogen-bond donors (Lipinski definition) is 2. The maximum atomic E-state index is 10.0. The van der Waals surface area contributed by atoms with Gasteiger partial charge in [0, 0.05) is 6.42 Å². The number of benzene rings is 1. The molecular weight excluding hydrogens is 348 g/mol. The second-order valence-corrected chi connectivity index (χ2v) is 7.77. The van der Waals surface area contributed by atoms with Crippen LogP contribution < -0.4 is 0 Å². The molecule has 0 saturated heterocycles. The van der Waals surface area contributed by atoms with Crippen LogP contribution in [-0.2, 0) is 11.2 Å². The lowest BCUT2D eigenvalue weighted by atomic mass is 10.0. The van der Waals surface area contributed by atoms with Crippen molar-refractivity contribution in [3.63, 3.8) is 0 Å². The van der Waals surface area contributed by atoms with Gasteiger partial charge in [-0.05, 0) is 58.9 Å². The molecule has 3 nitrogen and oxygen atoms in total. The number of aliphatic hydroxyl groups is 2. The highest BCUT2D eigenvalue weighted by Crippen LogP contribution is 2.13. The Morgan fingerprint density at radius 1 is 0.929 bits per heavy atom. The number of rotatable bonds is 13. The van der Waals surface area contributed by atoms with E-state index >= 15 is 0 Å². The summed E-state index contributed by atoms with van der Waals surface area (Å²) < 4.78 is 5.86. The molecule has 2 atom stereocenters. The zero-order valence-electron chi connectivity index (χ0n) is 18.0. The first-order chi connectivity index (χ1) is 13.4. The van der Waals surface area contributed by atoms with Gasteiger partial charge in [0.15, 0.2) is 0 Å². The molecule has 0 saturated carbocycles. The van der Waals surface area contributed by atoms with E-state index < -0.39 is 12.2 Å². The summed E-state index contributed by atoms with van der Waals surface area (Å²) in [5, 5.41) is 19.3. The van der Waals surface area contributed by atoms with E-state index in [0.29, 0.717) is 13.0 Å². The molecule has 156 valence electrons. The Morgan fingerprint density at radius 3 is 2.14 bits per heavy atom. The van der Waals surface area contributed by atoms with E-state index in [-0.39, 0.29) is 6.61 Å². The lowest BCUT2D eigenvalue weighted by molar-refractivity contribution is -0.0485. The maximum absolute atomic E-state index is 10.0. The second kappa shape index (κ2) is 14.3. The van der Waals surface area contributed by atoms with Crippen molar-refractivity contribution < 1.29 is 14.9 Å². The summed E-state index contributed by atoms with van der Waals surface area (Å²) in [6.45, 7) is 8.75. The van der Waals surface area contributed by atoms with E-state index in [1.54, 1.807) is 0 Å². The van der Waals surface area contributed by atoms with Gasteiger partial charge >= 0.3 is 0 Å². The molecular formula is C25H38O3. The molecule has 1 aromatic rings. The molecule has 0 spiro atoms. The number of ether oxygens (including phenoxy) is 1. The molecule has 0 amide bonds. The van der Waals surface area contributed by atoms with Gasteiger partial charge in [0.05, 0.1) is 19.3 Å². The molecule has 0 bridgehead atoms. The predicted octanol–water partition coefficient (Wildman–Crippen LogP) is 5.39. The predicted molar refractivity (Wildman–Crippen MR) is 118 cm³/mol. The SMILES string of the molecule is CC(C)=CCCC(C)=CCCC(C)=CCOC(Cc1ccccc1)C(O)CO. The van der Waals surface area contributed by atoms with Crippen LogP contribution in [0.15, 0.2) is 65.3 Å². The van der Waals surface area contributed by atoms with Crippen molar-refractivity contribution in [2.24, 2.45) is 0 Å². The molecule has 1 aromatic carbocycles. The second-order valence-electron chi connectivity index (χ2n) is 7.77. The van der Waals surface area contributed by atoms with Gasteiger partial charge in [0.1, 0.15) is 6.10 Å². The van der Waals surface area contributed by atoms with Gasteiger partial charge in [0.25, 0.3) is 0 Å². The average molecular weight is 387 g/mol. The summed E-state index contributed by atoms with van der Waals surface area (Å²) in [6, 6.07) is 9.92. The number of aliphatic hydroxyl groups excluding tert-OH is 2. The first-order valence-electron chi connectivity index (χ1n) is 10.3. The Labute approximate surface area is 171 Å². The third-order valence-electron chi connectivity index (χ3n) is 4.76. The van der Waals surface area contributed by atoms with Crippen LogP contribution in [0.5, 0.6) is 0 Å². The molecule has 0 aliphatic carbocycles. The standard InChI is InChI=1S/C25H38O3/c1-20(2)10-8-11-21(3)12-9-13-22(4)16-17-28-25(24(27)19-26)18-23-14-6-5-7-15-23/h5-7,10,12,14-16,24-27H,8-9,11,13,17-19H2,1-4H3. The van der Waals surface area contributed by atoms with E-state index in [4.69, 9.17) is 4.74 Å². The van der Waals surface area contributed by atoms with Crippen LogP contribution in [0.25, 0.3) is 0 Å². The zero-order valence-corrected chi connectivity index (χ0v) is 18.0. The summed E-state index contributed by atoms with van der Waals surface area (Å²) in [7, 11) is 0. The van der Waals surface area contributed by atoms with Crippen LogP contribution >= 0.6 is 0 Å². The van der Waals surface area contributed by atoms with Crippen molar-refractivity contribution in [1.82, 2.24) is 0 Å². The van der Waals surface area contributed by atoms with Crippen molar-refractivity contribution in [1.29, 1.82) is 0 Å². The molecule has 28 heavy (non-hydrogen) atoms. The van der Waals surface area contributed by atoms with Crippen molar-refractivity contribution in [3.8, 4) is 0 Å². The van der Waals surface area contributed by atoms with Crippen LogP contribution in [0.4, 0.5) is 0 Å². The van der Waals surface area contributed by atoms with Gasteiger partial charge in [-0.15, -0.1) is 0 Å². The fourth-order valence-electron chi connectivity index (χ4n) is 2.92. The summed E-state index contributed by atoms with van der Waals surface area (Å²) >= 11 is 0. The summed E-state index contributed by atoms with van der Waals surface area (Å²) in [4.78, 5) is 0. The van der Waals surface area contributed by atoms with Gasteiger partial charge in [-0.1, -0.05) is 65.3 Å². The van der Waals surface area contributed by atoms with E-state index in [1.165, 1.54) is 16.7 Å². The van der Waals surface area contributed by atoms with E-state index in [9.17, 15) is 10.2 Å². The highest BCUT2D eigenvalue weighted by Gasteiger charge is 2.19. The lowest BCUT2D eigenvalue weighted by Crippen LogP contribution is -2.34. The van der Waals surface area contributed by atoms with Crippen molar-refractivity contribution >= 4 is 0 Å². The Morgan fingerprint density at radius 2 is 1.54 bits per heavy atom. The number of hydrogen-bond acceptors (Lipinski definition) is 3. The molecule has 0 fully saturated rings. The highest BCUT2D eigenvalue weighted by atomic mass is 16.5. The quantitative estimate of drug-likeness (QED) is 0.447. The molecule has 0 aromatic heterocycles. The Kier molecular flexibility index (Phi) is 12.5. The molecule has 1 rings (SSSR count). The van der Waals surface area contributed by atoms with Crippen LogP contribution in [-0.4, -0.2) is 35.6 Å². The van der Waals surface area contributed by atoms with Crippen molar-refractivity contribution in [2.45, 2.75) is 72.0 Å². The minimum atomic E-state index is -0.875. The topological polar surface area (TPSA) is 49.7 Å². The minimum absolute atomic E-state index is 0.295. The molecule has 0 aliphatic heterocycles. The van der Waals surface area contributed by atoms with Crippen molar-refractivity contribution in [2.75, 3.05) is 13.2 Å². The monoisotopic (exact) mass is 386 g/mol. The zero-order chi connectivity index (χ0) is 20.8. The van der Waals surface area contributed by atoms with E-state index in [2.05, 4.69) is 45.9 Å². The third kappa shape index (κ3) is 11.2. The smallest absolute Gasteiger partial charge is 0.103 e. The lowest BCUT2D eigenvalue weighted by Gasteiger charge is -2.21. The van der Waals surface area contributed by atoms with Crippen LogP contribution in [0.3, 0.4) is 0 Å². The summed E-state index contributed by atoms with van der Waals surface area (Å²) in [5.41, 5.74) is 5.19. The fourth-order valence-corrected chi connectivity index (χ4v) is 2.92. The van der Waals surface area contributed by atoms with Gasteiger partial charge in [-0.3, -0.25) is 0 Å². The van der Waals surface area contributed by atoms with Gasteiger partial charge in [-0.25, -0.2) is 0 Å². The summed E-state index contributed by atoms with van der Waals surface area (Å²) in [6.07, 6.45) is 10.3. The molecule has 3 heteroatoms. The highest BCUT2D eigenvalue weighted by molar-refractivity contribution is 5.16. The van der Waals surface area contributed by atoms with Crippen LogP contribution in [0.1, 0.15) is 58.9 Å². The Bertz CT molecular complexity index is 624. The Hall–Kier alpha value is -1.68. The third-order valence-corrected chi connectivity index (χ3v) is 4.76. The van der Waals surface area contributed by atoms with Gasteiger partial charge < -0.3 is 14.9 Å². The molecule has 2 N–H and O–H groups in total. The van der Waals surface area contributed by atoms with Gasteiger partial charge in [-0.2, -0.15) is 0 Å². The van der Waals surface area contributed by atoms with Gasteiger partial charge in [0.2, 0.25) is 0 Å². The number of allylic oxidation sites excluding steroid dienone is 5. The van der Waals surface area contributed by atoms with E-state index in [0.717, 1.165) is 31.2 Å².